The number of carbonyl (C=O) groups excluding carboxylic acids is 1. The summed E-state index contributed by atoms with van der Waals surface area (Å²) >= 11 is 0. The Labute approximate surface area is 151 Å². The van der Waals surface area contributed by atoms with Gasteiger partial charge in [-0.1, -0.05) is 0 Å². The molecule has 2 aliphatic rings. The van der Waals surface area contributed by atoms with Gasteiger partial charge in [0.2, 0.25) is 0 Å². The molecule has 1 atom stereocenters. The molecule has 0 fully saturated rings. The van der Waals surface area contributed by atoms with Crippen LogP contribution in [0.25, 0.3) is 0 Å². The third-order valence-electron chi connectivity index (χ3n) is 4.47. The lowest BCUT2D eigenvalue weighted by Gasteiger charge is -2.29. The van der Waals surface area contributed by atoms with Crippen LogP contribution < -0.4 is 4.74 Å². The van der Waals surface area contributed by atoms with Crippen LogP contribution in [0.5, 0.6) is 11.5 Å². The number of alkyl halides is 4. The topological polar surface area (TPSA) is 70.3 Å². The summed E-state index contributed by atoms with van der Waals surface area (Å²) < 4.78 is 91.7. The molecule has 0 amide bonds. The number of rotatable bonds is 2. The van der Waals surface area contributed by atoms with Crippen LogP contribution in [-0.2, 0) is 11.5 Å². The summed E-state index contributed by atoms with van der Waals surface area (Å²) in [6, 6.07) is 5.52. The third-order valence-corrected chi connectivity index (χ3v) is 4.47. The van der Waals surface area contributed by atoms with E-state index in [4.69, 9.17) is 12.7 Å². The fourth-order valence-corrected chi connectivity index (χ4v) is 3.27. The molecule has 1 N–H and O–H groups in total. The summed E-state index contributed by atoms with van der Waals surface area (Å²) in [5, 5.41) is 19.3. The Hall–Kier alpha value is -2.99. The number of aliphatic hydroxyl groups is 1. The van der Waals surface area contributed by atoms with Crippen LogP contribution in [0.2, 0.25) is 0 Å². The highest BCUT2D eigenvalue weighted by molar-refractivity contribution is 6.05. The zero-order valence-electron chi connectivity index (χ0n) is 15.0. The van der Waals surface area contributed by atoms with Crippen molar-refractivity contribution in [2.45, 2.75) is 23.8 Å². The van der Waals surface area contributed by atoms with E-state index >= 15 is 0 Å². The highest BCUT2D eigenvalue weighted by atomic mass is 19.3. The molecule has 0 saturated carbocycles. The van der Waals surface area contributed by atoms with Crippen molar-refractivity contribution in [1.82, 2.24) is 0 Å². The van der Waals surface area contributed by atoms with Gasteiger partial charge in [0, 0.05) is 19.9 Å². The first-order chi connectivity index (χ1) is 13.3. The number of hydrogen-bond acceptors (Lipinski definition) is 4. The fraction of sp³-hybridized carbons (Fsp3) is 0.222. The summed E-state index contributed by atoms with van der Waals surface area (Å²) in [5.74, 6) is -13.9. The fourth-order valence-electron chi connectivity index (χ4n) is 3.27. The van der Waals surface area contributed by atoms with Crippen molar-refractivity contribution in [2.24, 2.45) is 0 Å². The molecular weight excluding hydrogens is 373 g/mol. The number of ketones is 1. The maximum atomic E-state index is 14.5. The zero-order valence-corrected chi connectivity index (χ0v) is 13.0. The second-order valence-electron chi connectivity index (χ2n) is 6.06. The van der Waals surface area contributed by atoms with E-state index in [1.165, 1.54) is 0 Å². The predicted octanol–water partition coefficient (Wildman–Crippen LogP) is 4.00. The van der Waals surface area contributed by atoms with Crippen LogP contribution in [-0.4, -0.2) is 16.8 Å². The van der Waals surface area contributed by atoms with Crippen LogP contribution in [0.3, 0.4) is 0 Å². The first-order valence-electron chi connectivity index (χ1n) is 8.40. The molecular formula is C18H8F5NO3. The molecule has 4 nitrogen and oxygen atoms in total. The first-order valence-corrected chi connectivity index (χ1v) is 7.40. The maximum Gasteiger partial charge on any atom is 0.347 e. The molecule has 2 aliphatic carbocycles. The van der Waals surface area contributed by atoms with Gasteiger partial charge in [0.1, 0.15) is 17.3 Å². The van der Waals surface area contributed by atoms with Crippen molar-refractivity contribution in [3.63, 3.8) is 0 Å². The molecule has 4 rings (SSSR count). The Balaban J connectivity index is 1.97. The van der Waals surface area contributed by atoms with Crippen molar-refractivity contribution >= 4 is 5.78 Å². The van der Waals surface area contributed by atoms with Gasteiger partial charge in [0.15, 0.2) is 11.4 Å². The Morgan fingerprint density at radius 2 is 1.93 bits per heavy atom. The molecule has 0 radical (unpaired) electrons. The van der Waals surface area contributed by atoms with E-state index in [9.17, 15) is 31.9 Å². The largest absolute Gasteiger partial charge is 0.456 e. The highest BCUT2D eigenvalue weighted by Gasteiger charge is 2.79. The lowest BCUT2D eigenvalue weighted by Crippen LogP contribution is -2.48. The van der Waals surface area contributed by atoms with Gasteiger partial charge in [-0.05, 0) is 24.3 Å². The number of ether oxygens (including phenoxy) is 1. The van der Waals surface area contributed by atoms with Gasteiger partial charge in [0.05, 0.1) is 23.6 Å². The van der Waals surface area contributed by atoms with E-state index in [1.807, 2.05) is 0 Å². The SMILES string of the molecule is [2H]C1([2H])C(=O)c2c(Oc3cc(F)cc(C#N)c3)ccc3c2[C@@]1(O)C(F)(F)C3(F)F. The van der Waals surface area contributed by atoms with Gasteiger partial charge < -0.3 is 9.84 Å². The van der Waals surface area contributed by atoms with E-state index in [-0.39, 0.29) is 11.3 Å². The molecule has 27 heavy (non-hydrogen) atoms. The van der Waals surface area contributed by atoms with Crippen molar-refractivity contribution in [3.05, 3.63) is 58.4 Å². The van der Waals surface area contributed by atoms with E-state index in [0.717, 1.165) is 24.3 Å². The minimum absolute atomic E-state index is 0.186. The average Bonchev–Trinajstić information content (AvgIpc) is 2.87. The Morgan fingerprint density at radius 3 is 2.59 bits per heavy atom. The number of nitriles is 1. The monoisotopic (exact) mass is 383 g/mol. The quantitative estimate of drug-likeness (QED) is 0.796. The molecule has 9 heteroatoms. The Morgan fingerprint density at radius 1 is 1.22 bits per heavy atom. The molecule has 0 saturated heterocycles. The Bertz CT molecular complexity index is 1150. The van der Waals surface area contributed by atoms with Crippen LogP contribution >= 0.6 is 0 Å². The molecule has 0 bridgehead atoms. The van der Waals surface area contributed by atoms with Gasteiger partial charge in [-0.15, -0.1) is 0 Å². The van der Waals surface area contributed by atoms with Gasteiger partial charge in [-0.3, -0.25) is 4.79 Å². The highest BCUT2D eigenvalue weighted by Crippen LogP contribution is 2.65. The normalized spacial score (nSPS) is 26.8. The lowest BCUT2D eigenvalue weighted by molar-refractivity contribution is -0.283. The van der Waals surface area contributed by atoms with Crippen molar-refractivity contribution in [1.29, 1.82) is 5.26 Å². The summed E-state index contributed by atoms with van der Waals surface area (Å²) in [4.78, 5) is 12.5. The smallest absolute Gasteiger partial charge is 0.347 e. The van der Waals surface area contributed by atoms with E-state index in [0.29, 0.717) is 6.07 Å². The lowest BCUT2D eigenvalue weighted by atomic mass is 9.95. The molecule has 0 aromatic heterocycles. The van der Waals surface area contributed by atoms with Gasteiger partial charge >= 0.3 is 11.8 Å². The molecule has 0 aliphatic heterocycles. The molecule has 0 unspecified atom stereocenters. The summed E-state index contributed by atoms with van der Waals surface area (Å²) in [7, 11) is 0. The van der Waals surface area contributed by atoms with E-state index in [2.05, 4.69) is 0 Å². The molecule has 0 heterocycles. The van der Waals surface area contributed by atoms with Gasteiger partial charge in [-0.25, -0.2) is 4.39 Å². The van der Waals surface area contributed by atoms with Crippen LogP contribution in [0, 0.1) is 17.1 Å². The summed E-state index contributed by atoms with van der Waals surface area (Å²) in [6.45, 7) is 0. The van der Waals surface area contributed by atoms with Gasteiger partial charge in [-0.2, -0.15) is 22.8 Å². The Kier molecular flexibility index (Phi) is 2.82. The maximum absolute atomic E-state index is 14.5. The predicted molar refractivity (Wildman–Crippen MR) is 79.3 cm³/mol. The first kappa shape index (κ1) is 15.1. The average molecular weight is 383 g/mol. The number of nitrogens with zero attached hydrogens (tertiary/aromatic N) is 1. The van der Waals surface area contributed by atoms with Gasteiger partial charge in [0.25, 0.3) is 0 Å². The molecule has 138 valence electrons. The number of hydrogen-bond donors (Lipinski definition) is 1. The van der Waals surface area contributed by atoms with E-state index in [1.54, 1.807) is 6.07 Å². The zero-order chi connectivity index (χ0) is 21.6. The summed E-state index contributed by atoms with van der Waals surface area (Å²) in [5.41, 5.74) is -7.97. The summed E-state index contributed by atoms with van der Waals surface area (Å²) in [6.07, 6.45) is -3.78. The number of carbonyl (C=O) groups is 1. The van der Waals surface area contributed by atoms with Crippen molar-refractivity contribution < 1.29 is 39.3 Å². The van der Waals surface area contributed by atoms with Crippen molar-refractivity contribution in [2.75, 3.05) is 0 Å². The van der Waals surface area contributed by atoms with Crippen LogP contribution in [0.4, 0.5) is 22.0 Å². The number of benzene rings is 2. The second-order valence-corrected chi connectivity index (χ2v) is 6.06. The number of halogens is 5. The molecule has 2 aromatic carbocycles. The molecule has 2 aromatic rings. The van der Waals surface area contributed by atoms with Crippen LogP contribution in [0.1, 0.15) is 36.2 Å². The minimum Gasteiger partial charge on any atom is -0.456 e. The second kappa shape index (κ2) is 5.04. The van der Waals surface area contributed by atoms with Crippen molar-refractivity contribution in [3.8, 4) is 17.6 Å². The number of Topliss-reactive ketones (excluding diaryl/α,β-unsaturated/α-hetero) is 1. The van der Waals surface area contributed by atoms with E-state index < -0.39 is 57.9 Å². The minimum atomic E-state index is -5.32. The standard InChI is InChI=1S/C18H8F5NO3/c19-9-3-8(7-24)4-10(5-9)27-13-2-1-11-15-14(13)12(25)6-16(15,26)18(22,23)17(11,20)21/h1-5,26H,6H2/t16-/m1/s1/i6D2. The van der Waals surface area contributed by atoms with Crippen LogP contribution in [0.15, 0.2) is 30.3 Å². The third kappa shape index (κ3) is 2.01. The molecule has 0 spiro atoms.